The second kappa shape index (κ2) is 4.75. The third-order valence-corrected chi connectivity index (χ3v) is 3.05. The molecule has 1 aliphatic rings. The van der Waals surface area contributed by atoms with Gasteiger partial charge in [-0.2, -0.15) is 5.10 Å². The molecule has 2 rings (SSSR count). The lowest BCUT2D eigenvalue weighted by molar-refractivity contribution is 0.0591. The van der Waals surface area contributed by atoms with Crippen molar-refractivity contribution in [3.05, 3.63) is 11.3 Å². The number of nitrogens with two attached hydrogens (primary N) is 1. The molecule has 1 aliphatic heterocycles. The van der Waals surface area contributed by atoms with Crippen LogP contribution in [0.1, 0.15) is 35.3 Å². The maximum atomic E-state index is 11.7. The fourth-order valence-electron chi connectivity index (χ4n) is 2.14. The fourth-order valence-corrected chi connectivity index (χ4v) is 2.14. The van der Waals surface area contributed by atoms with Crippen LogP contribution in [0.15, 0.2) is 0 Å². The molecule has 17 heavy (non-hydrogen) atoms. The third kappa shape index (κ3) is 2.00. The van der Waals surface area contributed by atoms with Gasteiger partial charge in [-0.05, 0) is 13.3 Å². The molecular formula is C11H17N3O3. The van der Waals surface area contributed by atoms with Crippen molar-refractivity contribution < 1.29 is 14.3 Å². The number of ether oxygens (including phenoxy) is 2. The highest BCUT2D eigenvalue weighted by Crippen LogP contribution is 2.32. The van der Waals surface area contributed by atoms with E-state index in [4.69, 9.17) is 15.2 Å². The minimum absolute atomic E-state index is 0.143. The summed E-state index contributed by atoms with van der Waals surface area (Å²) >= 11 is 0. The molecule has 1 unspecified atom stereocenters. The number of hydrogen-bond donors (Lipinski definition) is 1. The zero-order chi connectivity index (χ0) is 12.4. The van der Waals surface area contributed by atoms with E-state index >= 15 is 0 Å². The molecular weight excluding hydrogens is 222 g/mol. The zero-order valence-corrected chi connectivity index (χ0v) is 10.1. The first-order chi connectivity index (χ1) is 8.19. The minimum Gasteiger partial charge on any atom is -0.464 e. The summed E-state index contributed by atoms with van der Waals surface area (Å²) in [5, 5.41) is 4.21. The molecule has 2 heterocycles. The van der Waals surface area contributed by atoms with E-state index in [0.717, 1.165) is 12.0 Å². The number of nitrogen functional groups attached to an aromatic ring is 1. The van der Waals surface area contributed by atoms with Gasteiger partial charge in [-0.15, -0.1) is 0 Å². The molecule has 1 fully saturated rings. The van der Waals surface area contributed by atoms with Gasteiger partial charge in [0.25, 0.3) is 0 Å². The number of carbonyl (C=O) groups is 1. The first kappa shape index (κ1) is 11.9. The lowest BCUT2D eigenvalue weighted by atomic mass is 9.98. The van der Waals surface area contributed by atoms with Crippen molar-refractivity contribution in [3.8, 4) is 0 Å². The molecule has 0 spiro atoms. The number of aryl methyl sites for hydroxylation is 1. The smallest absolute Gasteiger partial charge is 0.358 e. The van der Waals surface area contributed by atoms with Gasteiger partial charge >= 0.3 is 5.97 Å². The van der Waals surface area contributed by atoms with E-state index in [1.165, 1.54) is 7.11 Å². The van der Waals surface area contributed by atoms with Crippen molar-refractivity contribution in [1.29, 1.82) is 0 Å². The molecule has 0 radical (unpaired) electrons. The summed E-state index contributed by atoms with van der Waals surface area (Å²) in [5.74, 6) is 0.249. The van der Waals surface area contributed by atoms with E-state index in [1.54, 1.807) is 4.68 Å². The van der Waals surface area contributed by atoms with Gasteiger partial charge in [-0.1, -0.05) is 0 Å². The van der Waals surface area contributed by atoms with Crippen molar-refractivity contribution in [3.63, 3.8) is 0 Å². The average Bonchev–Trinajstić information content (AvgIpc) is 2.95. The number of hydrogen-bond acceptors (Lipinski definition) is 5. The molecule has 0 saturated carbocycles. The summed E-state index contributed by atoms with van der Waals surface area (Å²) in [6, 6.07) is 0. The van der Waals surface area contributed by atoms with Gasteiger partial charge in [0.05, 0.1) is 13.7 Å². The Bertz CT molecular complexity index is 422. The fraction of sp³-hybridized carbons (Fsp3) is 0.636. The van der Waals surface area contributed by atoms with Gasteiger partial charge in [0.2, 0.25) is 0 Å². The van der Waals surface area contributed by atoms with Gasteiger partial charge in [-0.3, -0.25) is 0 Å². The molecule has 6 heteroatoms. The summed E-state index contributed by atoms with van der Waals surface area (Å²) in [4.78, 5) is 11.7. The quantitative estimate of drug-likeness (QED) is 0.788. The van der Waals surface area contributed by atoms with Crippen LogP contribution < -0.4 is 5.73 Å². The van der Waals surface area contributed by atoms with E-state index < -0.39 is 5.97 Å². The Balaban J connectivity index is 2.45. The first-order valence-corrected chi connectivity index (χ1v) is 5.71. The molecule has 0 bridgehead atoms. The lowest BCUT2D eigenvalue weighted by Crippen LogP contribution is -2.09. The molecule has 6 nitrogen and oxygen atoms in total. The van der Waals surface area contributed by atoms with Crippen molar-refractivity contribution >= 4 is 11.8 Å². The van der Waals surface area contributed by atoms with Gasteiger partial charge < -0.3 is 15.2 Å². The van der Waals surface area contributed by atoms with E-state index in [9.17, 15) is 4.79 Å². The van der Waals surface area contributed by atoms with E-state index in [1.807, 2.05) is 6.92 Å². The molecule has 1 saturated heterocycles. The summed E-state index contributed by atoms with van der Waals surface area (Å²) in [7, 11) is 1.35. The van der Waals surface area contributed by atoms with Crippen LogP contribution in [0.2, 0.25) is 0 Å². The van der Waals surface area contributed by atoms with Gasteiger partial charge in [-0.25, -0.2) is 9.48 Å². The number of methoxy groups -OCH3 is 1. The topological polar surface area (TPSA) is 79.4 Å². The number of nitrogens with zero attached hydrogens (tertiary/aromatic N) is 2. The van der Waals surface area contributed by atoms with Crippen LogP contribution in [-0.4, -0.2) is 36.1 Å². The van der Waals surface area contributed by atoms with Crippen molar-refractivity contribution in [1.82, 2.24) is 9.78 Å². The number of anilines is 1. The standard InChI is InChI=1S/C11H17N3O3/c1-3-14-10(12)8(7-4-5-17-6-7)9(13-14)11(15)16-2/h7H,3-6,12H2,1-2H3. The largest absolute Gasteiger partial charge is 0.464 e. The van der Waals surface area contributed by atoms with Crippen LogP contribution >= 0.6 is 0 Å². The number of carbonyl (C=O) groups excluding carboxylic acids is 1. The minimum atomic E-state index is -0.439. The van der Waals surface area contributed by atoms with E-state index in [0.29, 0.717) is 31.3 Å². The number of rotatable bonds is 3. The van der Waals surface area contributed by atoms with Crippen molar-refractivity contribution in [2.24, 2.45) is 0 Å². The first-order valence-electron chi connectivity index (χ1n) is 5.71. The van der Waals surface area contributed by atoms with Crippen LogP contribution in [0.5, 0.6) is 0 Å². The second-order valence-corrected chi connectivity index (χ2v) is 4.02. The maximum absolute atomic E-state index is 11.7. The molecule has 1 aromatic heterocycles. The summed E-state index contributed by atoms with van der Waals surface area (Å²) < 4.78 is 11.7. The lowest BCUT2D eigenvalue weighted by Gasteiger charge is -2.08. The maximum Gasteiger partial charge on any atom is 0.358 e. The van der Waals surface area contributed by atoms with Crippen LogP contribution in [0.25, 0.3) is 0 Å². The molecule has 0 aliphatic carbocycles. The van der Waals surface area contributed by atoms with Crippen LogP contribution in [0, 0.1) is 0 Å². The van der Waals surface area contributed by atoms with Gasteiger partial charge in [0.1, 0.15) is 5.82 Å². The molecule has 94 valence electrons. The third-order valence-electron chi connectivity index (χ3n) is 3.05. The van der Waals surface area contributed by atoms with Gasteiger partial charge in [0.15, 0.2) is 5.69 Å². The number of aromatic nitrogens is 2. The van der Waals surface area contributed by atoms with Gasteiger partial charge in [0, 0.05) is 24.6 Å². The number of esters is 1. The second-order valence-electron chi connectivity index (χ2n) is 4.02. The normalized spacial score (nSPS) is 19.5. The molecule has 0 amide bonds. The Labute approximate surface area is 99.7 Å². The van der Waals surface area contributed by atoms with Crippen molar-refractivity contribution in [2.75, 3.05) is 26.1 Å². The predicted octanol–water partition coefficient (Wildman–Crippen LogP) is 0.776. The summed E-state index contributed by atoms with van der Waals surface area (Å²) in [5.41, 5.74) is 7.12. The average molecular weight is 239 g/mol. The summed E-state index contributed by atoms with van der Waals surface area (Å²) in [6.07, 6.45) is 0.865. The van der Waals surface area contributed by atoms with Crippen LogP contribution in [0.4, 0.5) is 5.82 Å². The zero-order valence-electron chi connectivity index (χ0n) is 10.1. The van der Waals surface area contributed by atoms with Crippen LogP contribution in [0.3, 0.4) is 0 Å². The monoisotopic (exact) mass is 239 g/mol. The highest BCUT2D eigenvalue weighted by atomic mass is 16.5. The Morgan fingerprint density at radius 1 is 1.71 bits per heavy atom. The highest BCUT2D eigenvalue weighted by Gasteiger charge is 2.30. The van der Waals surface area contributed by atoms with Crippen LogP contribution in [-0.2, 0) is 16.0 Å². The molecule has 0 aromatic carbocycles. The highest BCUT2D eigenvalue weighted by molar-refractivity contribution is 5.90. The Morgan fingerprint density at radius 3 is 3.00 bits per heavy atom. The Morgan fingerprint density at radius 2 is 2.47 bits per heavy atom. The summed E-state index contributed by atoms with van der Waals surface area (Å²) in [6.45, 7) is 3.84. The SMILES string of the molecule is CCn1nc(C(=O)OC)c(C2CCOC2)c1N. The predicted molar refractivity (Wildman–Crippen MR) is 61.8 cm³/mol. The Kier molecular flexibility index (Phi) is 3.33. The van der Waals surface area contributed by atoms with E-state index in [-0.39, 0.29) is 5.92 Å². The molecule has 1 atom stereocenters. The molecule has 1 aromatic rings. The Hall–Kier alpha value is -1.56. The molecule has 2 N–H and O–H groups in total. The van der Waals surface area contributed by atoms with Crippen molar-refractivity contribution in [2.45, 2.75) is 25.8 Å². The van der Waals surface area contributed by atoms with E-state index in [2.05, 4.69) is 5.10 Å².